The van der Waals surface area contributed by atoms with Gasteiger partial charge in [0.1, 0.15) is 0 Å². The first-order valence-electron chi connectivity index (χ1n) is 5.87. The molecule has 19 heavy (non-hydrogen) atoms. The van der Waals surface area contributed by atoms with Gasteiger partial charge in [0.25, 0.3) is 5.91 Å². The standard InChI is InChI=1S/C13H17NO4S/c1-3-18-7-6-14(2)13(17)10-8-11(19-9-10)4-5-12(15)16/h4-5,8-9H,3,6-7H2,1-2H3,(H,15,16)/b5-4+. The summed E-state index contributed by atoms with van der Waals surface area (Å²) in [5, 5.41) is 10.3. The van der Waals surface area contributed by atoms with Crippen LogP contribution in [-0.2, 0) is 9.53 Å². The summed E-state index contributed by atoms with van der Waals surface area (Å²) in [6.45, 7) is 3.57. The Kier molecular flexibility index (Phi) is 6.24. The van der Waals surface area contributed by atoms with Gasteiger partial charge < -0.3 is 14.7 Å². The molecule has 1 N–H and O–H groups in total. The van der Waals surface area contributed by atoms with Crippen LogP contribution in [0.15, 0.2) is 17.5 Å². The maximum absolute atomic E-state index is 12.0. The number of hydrogen-bond acceptors (Lipinski definition) is 4. The number of likely N-dealkylation sites (N-methyl/N-ethyl adjacent to an activating group) is 1. The largest absolute Gasteiger partial charge is 0.478 e. The van der Waals surface area contributed by atoms with Gasteiger partial charge in [0.05, 0.1) is 12.2 Å². The SMILES string of the molecule is CCOCCN(C)C(=O)c1csc(/C=C/C(=O)O)c1. The zero-order valence-corrected chi connectivity index (χ0v) is 11.8. The van der Waals surface area contributed by atoms with Crippen molar-refractivity contribution in [1.82, 2.24) is 4.90 Å². The maximum Gasteiger partial charge on any atom is 0.328 e. The van der Waals surface area contributed by atoms with Crippen LogP contribution in [0.5, 0.6) is 0 Å². The van der Waals surface area contributed by atoms with E-state index in [9.17, 15) is 9.59 Å². The summed E-state index contributed by atoms with van der Waals surface area (Å²) in [7, 11) is 1.71. The van der Waals surface area contributed by atoms with Crippen LogP contribution in [0.25, 0.3) is 6.08 Å². The molecule has 6 heteroatoms. The fourth-order valence-electron chi connectivity index (χ4n) is 1.37. The Morgan fingerprint density at radius 3 is 2.89 bits per heavy atom. The molecule has 0 aromatic carbocycles. The Balaban J connectivity index is 2.60. The molecule has 0 aliphatic carbocycles. The molecular weight excluding hydrogens is 266 g/mol. The average Bonchev–Trinajstić information content (AvgIpc) is 2.84. The molecule has 0 unspecified atom stereocenters. The Bertz CT molecular complexity index is 467. The molecule has 1 amide bonds. The predicted molar refractivity (Wildman–Crippen MR) is 74.4 cm³/mol. The molecule has 0 saturated heterocycles. The fourth-order valence-corrected chi connectivity index (χ4v) is 2.15. The zero-order valence-electron chi connectivity index (χ0n) is 11.0. The van der Waals surface area contributed by atoms with E-state index in [1.807, 2.05) is 6.92 Å². The van der Waals surface area contributed by atoms with E-state index in [4.69, 9.17) is 9.84 Å². The molecule has 0 bridgehead atoms. The third kappa shape index (κ3) is 5.23. The van der Waals surface area contributed by atoms with Crippen molar-refractivity contribution in [2.24, 2.45) is 0 Å². The smallest absolute Gasteiger partial charge is 0.328 e. The van der Waals surface area contributed by atoms with Crippen LogP contribution < -0.4 is 0 Å². The van der Waals surface area contributed by atoms with Gasteiger partial charge >= 0.3 is 5.97 Å². The summed E-state index contributed by atoms with van der Waals surface area (Å²) < 4.78 is 5.19. The van der Waals surface area contributed by atoms with Crippen LogP contribution in [-0.4, -0.2) is 48.7 Å². The second-order valence-corrected chi connectivity index (χ2v) is 4.78. The Hall–Kier alpha value is -1.66. The molecule has 0 spiro atoms. The molecule has 0 aliphatic rings. The minimum Gasteiger partial charge on any atom is -0.478 e. The Labute approximate surface area is 116 Å². The molecule has 0 saturated carbocycles. The van der Waals surface area contributed by atoms with Gasteiger partial charge in [-0.3, -0.25) is 4.79 Å². The Morgan fingerprint density at radius 1 is 1.53 bits per heavy atom. The van der Waals surface area contributed by atoms with Gasteiger partial charge in [-0.05, 0) is 19.1 Å². The van der Waals surface area contributed by atoms with Crippen LogP contribution in [0.1, 0.15) is 22.2 Å². The lowest BCUT2D eigenvalue weighted by atomic mass is 10.2. The summed E-state index contributed by atoms with van der Waals surface area (Å²) in [6, 6.07) is 1.68. The van der Waals surface area contributed by atoms with Crippen molar-refractivity contribution in [2.45, 2.75) is 6.92 Å². The van der Waals surface area contributed by atoms with E-state index in [0.717, 1.165) is 11.0 Å². The molecule has 0 fully saturated rings. The van der Waals surface area contributed by atoms with Gasteiger partial charge in [-0.15, -0.1) is 11.3 Å². The molecule has 0 radical (unpaired) electrons. The van der Waals surface area contributed by atoms with Gasteiger partial charge in [0.2, 0.25) is 0 Å². The van der Waals surface area contributed by atoms with Crippen molar-refractivity contribution in [1.29, 1.82) is 0 Å². The molecule has 5 nitrogen and oxygen atoms in total. The summed E-state index contributed by atoms with van der Waals surface area (Å²) in [5.74, 6) is -1.10. The number of carboxylic acids is 1. The number of hydrogen-bond donors (Lipinski definition) is 1. The van der Waals surface area contributed by atoms with Crippen molar-refractivity contribution in [3.8, 4) is 0 Å². The van der Waals surface area contributed by atoms with Gasteiger partial charge in [0, 0.05) is 36.5 Å². The lowest BCUT2D eigenvalue weighted by Gasteiger charge is -2.15. The summed E-state index contributed by atoms with van der Waals surface area (Å²) in [4.78, 5) is 24.7. The minimum atomic E-state index is -1.00. The normalized spacial score (nSPS) is 10.8. The highest BCUT2D eigenvalue weighted by atomic mass is 32.1. The monoisotopic (exact) mass is 283 g/mol. The van der Waals surface area contributed by atoms with Crippen molar-refractivity contribution in [2.75, 3.05) is 26.8 Å². The molecular formula is C13H17NO4S. The van der Waals surface area contributed by atoms with Crippen LogP contribution in [0.3, 0.4) is 0 Å². The number of aliphatic carboxylic acids is 1. The lowest BCUT2D eigenvalue weighted by Crippen LogP contribution is -2.29. The fraction of sp³-hybridized carbons (Fsp3) is 0.385. The van der Waals surface area contributed by atoms with Crippen molar-refractivity contribution >= 4 is 29.3 Å². The molecule has 1 rings (SSSR count). The van der Waals surface area contributed by atoms with E-state index in [2.05, 4.69) is 0 Å². The van der Waals surface area contributed by atoms with E-state index < -0.39 is 5.97 Å². The number of rotatable bonds is 7. The topological polar surface area (TPSA) is 66.8 Å². The van der Waals surface area contributed by atoms with Crippen LogP contribution in [0.2, 0.25) is 0 Å². The highest BCUT2D eigenvalue weighted by Gasteiger charge is 2.12. The Morgan fingerprint density at radius 2 is 2.26 bits per heavy atom. The summed E-state index contributed by atoms with van der Waals surface area (Å²) in [6.07, 6.45) is 2.53. The van der Waals surface area contributed by atoms with Crippen molar-refractivity contribution in [3.05, 3.63) is 28.0 Å². The van der Waals surface area contributed by atoms with Gasteiger partial charge in [-0.25, -0.2) is 4.79 Å². The average molecular weight is 283 g/mol. The second kappa shape index (κ2) is 7.70. The van der Waals surface area contributed by atoms with E-state index in [1.165, 1.54) is 17.4 Å². The second-order valence-electron chi connectivity index (χ2n) is 3.83. The number of carboxylic acid groups (broad SMARTS) is 1. The van der Waals surface area contributed by atoms with Crippen LogP contribution in [0.4, 0.5) is 0 Å². The van der Waals surface area contributed by atoms with Gasteiger partial charge in [-0.1, -0.05) is 0 Å². The quantitative estimate of drug-likeness (QED) is 0.613. The molecule has 1 heterocycles. The summed E-state index contributed by atoms with van der Waals surface area (Å²) >= 11 is 1.34. The molecule has 0 aliphatic heterocycles. The molecule has 104 valence electrons. The maximum atomic E-state index is 12.0. The first-order valence-corrected chi connectivity index (χ1v) is 6.75. The molecule has 0 atom stereocenters. The number of carbonyl (C=O) groups is 2. The predicted octanol–water partition coefficient (Wildman–Crippen LogP) is 1.95. The third-order valence-corrected chi connectivity index (χ3v) is 3.28. The number of carbonyl (C=O) groups excluding carboxylic acids is 1. The van der Waals surface area contributed by atoms with Crippen LogP contribution in [0, 0.1) is 0 Å². The molecule has 1 aromatic heterocycles. The van der Waals surface area contributed by atoms with Crippen LogP contribution >= 0.6 is 11.3 Å². The van der Waals surface area contributed by atoms with Gasteiger partial charge in [-0.2, -0.15) is 0 Å². The zero-order chi connectivity index (χ0) is 14.3. The van der Waals surface area contributed by atoms with Gasteiger partial charge in [0.15, 0.2) is 0 Å². The first-order chi connectivity index (χ1) is 9.04. The number of thiophene rings is 1. The number of ether oxygens (including phenoxy) is 1. The van der Waals surface area contributed by atoms with Crippen molar-refractivity contribution < 1.29 is 19.4 Å². The van der Waals surface area contributed by atoms with E-state index in [0.29, 0.717) is 25.3 Å². The molecule has 1 aromatic rings. The number of amides is 1. The van der Waals surface area contributed by atoms with E-state index in [1.54, 1.807) is 23.4 Å². The summed E-state index contributed by atoms with van der Waals surface area (Å²) in [5.41, 5.74) is 0.564. The highest BCUT2D eigenvalue weighted by molar-refractivity contribution is 7.11. The van der Waals surface area contributed by atoms with E-state index in [-0.39, 0.29) is 5.91 Å². The van der Waals surface area contributed by atoms with E-state index >= 15 is 0 Å². The lowest BCUT2D eigenvalue weighted by molar-refractivity contribution is -0.131. The minimum absolute atomic E-state index is 0.0917. The first kappa shape index (κ1) is 15.4. The number of nitrogens with zero attached hydrogens (tertiary/aromatic N) is 1. The highest BCUT2D eigenvalue weighted by Crippen LogP contribution is 2.17. The third-order valence-electron chi connectivity index (χ3n) is 2.38. The van der Waals surface area contributed by atoms with Crippen molar-refractivity contribution in [3.63, 3.8) is 0 Å².